The van der Waals surface area contributed by atoms with Gasteiger partial charge < -0.3 is 10.5 Å². The first-order valence-electron chi connectivity index (χ1n) is 6.12. The van der Waals surface area contributed by atoms with Crippen LogP contribution < -0.4 is 10.5 Å². The largest absolute Gasteiger partial charge is 0.496 e. The molecule has 0 bridgehead atoms. The molecule has 0 fully saturated rings. The number of aryl methyl sites for hydroxylation is 1. The smallest absolute Gasteiger partial charge is 0.185 e. The van der Waals surface area contributed by atoms with Crippen LogP contribution in [-0.4, -0.2) is 43.5 Å². The number of ether oxygens (including phenoxy) is 1. The van der Waals surface area contributed by atoms with Gasteiger partial charge in [-0.2, -0.15) is 0 Å². The van der Waals surface area contributed by atoms with Gasteiger partial charge in [-0.1, -0.05) is 0 Å². The molecule has 0 saturated carbocycles. The van der Waals surface area contributed by atoms with Crippen LogP contribution in [-0.2, 0) is 17.3 Å². The highest BCUT2D eigenvalue weighted by atomic mass is 32.2. The average molecular weight is 295 g/mol. The lowest BCUT2D eigenvalue weighted by molar-refractivity contribution is 0.415. The summed E-state index contributed by atoms with van der Waals surface area (Å²) in [7, 11) is 0.772. The summed E-state index contributed by atoms with van der Waals surface area (Å²) in [5, 5.41) is 11.7. The van der Waals surface area contributed by atoms with Gasteiger partial charge in [-0.05, 0) is 35.0 Å². The average Bonchev–Trinajstić information content (AvgIpc) is 2.86. The Morgan fingerprint density at radius 2 is 2.25 bits per heavy atom. The molecule has 0 radical (unpaired) electrons. The molecule has 0 amide bonds. The van der Waals surface area contributed by atoms with Gasteiger partial charge in [0.15, 0.2) is 5.82 Å². The third-order valence-electron chi connectivity index (χ3n) is 2.80. The van der Waals surface area contributed by atoms with Gasteiger partial charge in [0.1, 0.15) is 5.75 Å². The number of benzene rings is 1. The van der Waals surface area contributed by atoms with Crippen molar-refractivity contribution in [1.82, 2.24) is 20.2 Å². The van der Waals surface area contributed by atoms with Crippen LogP contribution in [0.1, 0.15) is 6.42 Å². The summed E-state index contributed by atoms with van der Waals surface area (Å²) in [5.74, 6) is 1.87. The Kier molecular flexibility index (Phi) is 4.67. The second-order valence-corrected chi connectivity index (χ2v) is 5.87. The highest BCUT2D eigenvalue weighted by Crippen LogP contribution is 2.29. The van der Waals surface area contributed by atoms with Crippen molar-refractivity contribution in [1.29, 1.82) is 0 Å². The van der Waals surface area contributed by atoms with Gasteiger partial charge in [-0.3, -0.25) is 4.21 Å². The van der Waals surface area contributed by atoms with E-state index in [0.29, 0.717) is 29.6 Å². The van der Waals surface area contributed by atoms with Gasteiger partial charge >= 0.3 is 0 Å². The van der Waals surface area contributed by atoms with Crippen LogP contribution in [0.25, 0.3) is 11.4 Å². The summed E-state index contributed by atoms with van der Waals surface area (Å²) in [6.45, 7) is 0.597. The third kappa shape index (κ3) is 3.32. The van der Waals surface area contributed by atoms with E-state index in [1.165, 1.54) is 0 Å². The summed E-state index contributed by atoms with van der Waals surface area (Å²) >= 11 is 0. The van der Waals surface area contributed by atoms with E-state index in [1.54, 1.807) is 36.2 Å². The standard InChI is InChI=1S/C12H17N5O2S/c1-19-11-5-4-9(13)8-10(11)12-14-15-16-17(12)6-3-7-20(2)18/h4-5,8H,3,6-7,13H2,1-2H3. The van der Waals surface area contributed by atoms with E-state index in [-0.39, 0.29) is 0 Å². The molecule has 0 aliphatic carbocycles. The van der Waals surface area contributed by atoms with E-state index in [0.717, 1.165) is 12.0 Å². The first-order chi connectivity index (χ1) is 9.61. The molecule has 1 aromatic heterocycles. The fraction of sp³-hybridized carbons (Fsp3) is 0.417. The van der Waals surface area contributed by atoms with Gasteiger partial charge in [0.25, 0.3) is 0 Å². The van der Waals surface area contributed by atoms with E-state index in [9.17, 15) is 4.21 Å². The number of nitrogens with zero attached hydrogens (tertiary/aromatic N) is 4. The molecule has 0 saturated heterocycles. The predicted octanol–water partition coefficient (Wildman–Crippen LogP) is 0.699. The van der Waals surface area contributed by atoms with E-state index in [1.807, 2.05) is 0 Å². The fourth-order valence-corrected chi connectivity index (χ4v) is 2.40. The number of rotatable bonds is 6. The van der Waals surface area contributed by atoms with Crippen LogP contribution in [0, 0.1) is 0 Å². The minimum absolute atomic E-state index is 0.594. The SMILES string of the molecule is COc1ccc(N)cc1-c1nnnn1CCCS(C)=O. The predicted molar refractivity (Wildman–Crippen MR) is 77.8 cm³/mol. The maximum atomic E-state index is 11.1. The molecule has 20 heavy (non-hydrogen) atoms. The van der Waals surface area contributed by atoms with Crippen molar-refractivity contribution in [2.75, 3.05) is 24.9 Å². The van der Waals surface area contributed by atoms with Crippen molar-refractivity contribution in [3.63, 3.8) is 0 Å². The second kappa shape index (κ2) is 6.47. The summed E-state index contributed by atoms with van der Waals surface area (Å²) in [6.07, 6.45) is 2.42. The number of tetrazole rings is 1. The zero-order chi connectivity index (χ0) is 14.5. The van der Waals surface area contributed by atoms with Crippen molar-refractivity contribution in [3.05, 3.63) is 18.2 Å². The van der Waals surface area contributed by atoms with Crippen LogP contribution >= 0.6 is 0 Å². The normalized spacial score (nSPS) is 12.3. The zero-order valence-electron chi connectivity index (χ0n) is 11.4. The summed E-state index contributed by atoms with van der Waals surface area (Å²) in [5.41, 5.74) is 7.17. The topological polar surface area (TPSA) is 95.9 Å². The Morgan fingerprint density at radius 3 is 2.95 bits per heavy atom. The maximum absolute atomic E-state index is 11.1. The molecule has 0 aliphatic rings. The number of methoxy groups -OCH3 is 1. The van der Waals surface area contributed by atoms with Gasteiger partial charge in [0, 0.05) is 35.0 Å². The van der Waals surface area contributed by atoms with Crippen LogP contribution in [0.5, 0.6) is 5.75 Å². The molecule has 8 heteroatoms. The molecule has 1 aromatic carbocycles. The molecular weight excluding hydrogens is 278 g/mol. The lowest BCUT2D eigenvalue weighted by Gasteiger charge is -2.09. The van der Waals surface area contributed by atoms with Gasteiger partial charge in [-0.15, -0.1) is 5.10 Å². The molecule has 2 rings (SSSR count). The summed E-state index contributed by atoms with van der Waals surface area (Å²) < 4.78 is 18.1. The Balaban J connectivity index is 2.27. The molecule has 0 spiro atoms. The van der Waals surface area contributed by atoms with Crippen molar-refractivity contribution in [2.45, 2.75) is 13.0 Å². The van der Waals surface area contributed by atoms with Crippen molar-refractivity contribution < 1.29 is 8.95 Å². The number of hydrogen-bond acceptors (Lipinski definition) is 6. The maximum Gasteiger partial charge on any atom is 0.185 e. The number of nitrogens with two attached hydrogens (primary N) is 1. The van der Waals surface area contributed by atoms with E-state index >= 15 is 0 Å². The quantitative estimate of drug-likeness (QED) is 0.788. The van der Waals surface area contributed by atoms with Crippen LogP contribution in [0.2, 0.25) is 0 Å². The number of aromatic nitrogens is 4. The van der Waals surface area contributed by atoms with Crippen molar-refractivity contribution >= 4 is 16.5 Å². The Labute approximate surface area is 119 Å². The molecule has 0 aliphatic heterocycles. The highest BCUT2D eigenvalue weighted by molar-refractivity contribution is 7.84. The second-order valence-electron chi connectivity index (χ2n) is 4.32. The molecular formula is C12H17N5O2S. The Morgan fingerprint density at radius 1 is 1.45 bits per heavy atom. The molecule has 2 N–H and O–H groups in total. The molecule has 108 valence electrons. The first-order valence-corrected chi connectivity index (χ1v) is 7.84. The van der Waals surface area contributed by atoms with E-state index < -0.39 is 10.8 Å². The minimum Gasteiger partial charge on any atom is -0.496 e. The monoisotopic (exact) mass is 295 g/mol. The Hall–Kier alpha value is -1.96. The Bertz CT molecular complexity index is 614. The summed E-state index contributed by atoms with van der Waals surface area (Å²) in [6, 6.07) is 5.32. The molecule has 1 heterocycles. The molecule has 2 aromatic rings. The minimum atomic E-state index is -0.814. The molecule has 7 nitrogen and oxygen atoms in total. The lowest BCUT2D eigenvalue weighted by Crippen LogP contribution is -2.07. The summed E-state index contributed by atoms with van der Waals surface area (Å²) in [4.78, 5) is 0. The third-order valence-corrected chi connectivity index (χ3v) is 3.66. The molecule has 1 unspecified atom stereocenters. The number of hydrogen-bond donors (Lipinski definition) is 1. The molecule has 1 atom stereocenters. The van der Waals surface area contributed by atoms with Gasteiger partial charge in [0.2, 0.25) is 0 Å². The van der Waals surface area contributed by atoms with Crippen LogP contribution in [0.3, 0.4) is 0 Å². The van der Waals surface area contributed by atoms with E-state index in [2.05, 4.69) is 15.5 Å². The first kappa shape index (κ1) is 14.4. The number of nitrogen functional groups attached to an aromatic ring is 1. The fourth-order valence-electron chi connectivity index (χ4n) is 1.87. The van der Waals surface area contributed by atoms with Crippen LogP contribution in [0.15, 0.2) is 18.2 Å². The van der Waals surface area contributed by atoms with Gasteiger partial charge in [0.05, 0.1) is 12.7 Å². The van der Waals surface area contributed by atoms with Crippen LogP contribution in [0.4, 0.5) is 5.69 Å². The highest BCUT2D eigenvalue weighted by Gasteiger charge is 2.14. The van der Waals surface area contributed by atoms with Gasteiger partial charge in [-0.25, -0.2) is 4.68 Å². The lowest BCUT2D eigenvalue weighted by atomic mass is 10.1. The number of anilines is 1. The zero-order valence-corrected chi connectivity index (χ0v) is 12.3. The van der Waals surface area contributed by atoms with Crippen molar-refractivity contribution in [3.8, 4) is 17.1 Å². The van der Waals surface area contributed by atoms with E-state index in [4.69, 9.17) is 10.5 Å². The van der Waals surface area contributed by atoms with Crippen molar-refractivity contribution in [2.24, 2.45) is 0 Å².